The van der Waals surface area contributed by atoms with Crippen molar-refractivity contribution in [1.29, 1.82) is 0 Å². The summed E-state index contributed by atoms with van der Waals surface area (Å²) in [6, 6.07) is 12.1. The SMILES string of the molecule is CN(CCCC(=O)Nc1ccc(C(F)(F)F)cc1)S(=O)(=O)c1ccccc1. The van der Waals surface area contributed by atoms with Crippen LogP contribution in [-0.4, -0.2) is 32.2 Å². The van der Waals surface area contributed by atoms with Crippen molar-refractivity contribution >= 4 is 21.6 Å². The Labute approximate surface area is 155 Å². The predicted octanol–water partition coefficient (Wildman–Crippen LogP) is 3.74. The zero-order valence-corrected chi connectivity index (χ0v) is 15.3. The molecule has 0 saturated heterocycles. The van der Waals surface area contributed by atoms with E-state index in [1.807, 2.05) is 0 Å². The van der Waals surface area contributed by atoms with E-state index in [-0.39, 0.29) is 30.0 Å². The number of hydrogen-bond donors (Lipinski definition) is 1. The molecule has 2 aromatic carbocycles. The van der Waals surface area contributed by atoms with Gasteiger partial charge in [-0.1, -0.05) is 18.2 Å². The highest BCUT2D eigenvalue weighted by Gasteiger charge is 2.30. The highest BCUT2D eigenvalue weighted by atomic mass is 32.2. The molecule has 2 rings (SSSR count). The minimum atomic E-state index is -4.43. The quantitative estimate of drug-likeness (QED) is 0.770. The molecule has 0 unspecified atom stereocenters. The molecule has 0 aliphatic rings. The Balaban J connectivity index is 1.84. The lowest BCUT2D eigenvalue weighted by atomic mass is 10.2. The molecule has 0 saturated carbocycles. The lowest BCUT2D eigenvalue weighted by Crippen LogP contribution is -2.28. The van der Waals surface area contributed by atoms with Crippen molar-refractivity contribution in [2.24, 2.45) is 0 Å². The molecule has 1 N–H and O–H groups in total. The molecular weight excluding hydrogens is 381 g/mol. The van der Waals surface area contributed by atoms with Crippen LogP contribution in [-0.2, 0) is 21.0 Å². The van der Waals surface area contributed by atoms with Crippen molar-refractivity contribution in [2.45, 2.75) is 23.9 Å². The molecule has 2 aromatic rings. The van der Waals surface area contributed by atoms with E-state index in [1.165, 1.54) is 31.3 Å². The number of carbonyl (C=O) groups is 1. The summed E-state index contributed by atoms with van der Waals surface area (Å²) < 4.78 is 63.4. The largest absolute Gasteiger partial charge is 0.416 e. The minimum absolute atomic E-state index is 0.0374. The van der Waals surface area contributed by atoms with Gasteiger partial charge in [-0.3, -0.25) is 4.79 Å². The van der Waals surface area contributed by atoms with Gasteiger partial charge in [-0.15, -0.1) is 0 Å². The molecule has 1 amide bonds. The molecule has 0 aliphatic carbocycles. The van der Waals surface area contributed by atoms with Gasteiger partial charge in [-0.05, 0) is 42.8 Å². The van der Waals surface area contributed by atoms with E-state index < -0.39 is 27.7 Å². The normalized spacial score (nSPS) is 12.2. The molecule has 27 heavy (non-hydrogen) atoms. The number of alkyl halides is 3. The lowest BCUT2D eigenvalue weighted by molar-refractivity contribution is -0.137. The Hall–Kier alpha value is -2.39. The van der Waals surface area contributed by atoms with Gasteiger partial charge >= 0.3 is 6.18 Å². The van der Waals surface area contributed by atoms with Crippen molar-refractivity contribution in [3.8, 4) is 0 Å². The third-order valence-corrected chi connectivity index (χ3v) is 5.70. The fourth-order valence-electron chi connectivity index (χ4n) is 2.32. The first-order valence-electron chi connectivity index (χ1n) is 8.09. The molecule has 0 heterocycles. The highest BCUT2D eigenvalue weighted by molar-refractivity contribution is 7.89. The number of nitrogens with one attached hydrogen (secondary N) is 1. The Kier molecular flexibility index (Phi) is 6.61. The third-order valence-electron chi connectivity index (χ3n) is 3.82. The van der Waals surface area contributed by atoms with E-state index in [9.17, 15) is 26.4 Å². The Bertz CT molecular complexity index is 867. The summed E-state index contributed by atoms with van der Waals surface area (Å²) in [7, 11) is -2.19. The average molecular weight is 400 g/mol. The number of hydrogen-bond acceptors (Lipinski definition) is 3. The van der Waals surface area contributed by atoms with Crippen LogP contribution in [0.5, 0.6) is 0 Å². The summed E-state index contributed by atoms with van der Waals surface area (Å²) in [6.07, 6.45) is -4.12. The first-order valence-corrected chi connectivity index (χ1v) is 9.53. The molecule has 146 valence electrons. The monoisotopic (exact) mass is 400 g/mol. The van der Waals surface area contributed by atoms with Gasteiger partial charge in [0, 0.05) is 25.7 Å². The fourth-order valence-corrected chi connectivity index (χ4v) is 3.55. The summed E-state index contributed by atoms with van der Waals surface area (Å²) in [6.45, 7) is 0.137. The number of halogens is 3. The molecule has 0 aliphatic heterocycles. The Morgan fingerprint density at radius 3 is 2.19 bits per heavy atom. The number of rotatable bonds is 7. The van der Waals surface area contributed by atoms with Crippen LogP contribution in [0.25, 0.3) is 0 Å². The van der Waals surface area contributed by atoms with Gasteiger partial charge in [0.25, 0.3) is 0 Å². The second-order valence-corrected chi connectivity index (χ2v) is 7.91. The molecular formula is C18H19F3N2O3S. The summed E-state index contributed by atoms with van der Waals surface area (Å²) in [5.74, 6) is -0.403. The Morgan fingerprint density at radius 2 is 1.63 bits per heavy atom. The van der Waals surface area contributed by atoms with Crippen molar-refractivity contribution in [3.05, 3.63) is 60.2 Å². The zero-order chi connectivity index (χ0) is 20.1. The number of benzene rings is 2. The van der Waals surface area contributed by atoms with Gasteiger partial charge in [0.2, 0.25) is 15.9 Å². The van der Waals surface area contributed by atoms with Crippen LogP contribution in [0.4, 0.5) is 18.9 Å². The van der Waals surface area contributed by atoms with Crippen molar-refractivity contribution in [1.82, 2.24) is 4.31 Å². The van der Waals surface area contributed by atoms with Crippen LogP contribution in [0.2, 0.25) is 0 Å². The number of sulfonamides is 1. The smallest absolute Gasteiger partial charge is 0.326 e. The number of nitrogens with zero attached hydrogens (tertiary/aromatic N) is 1. The fraction of sp³-hybridized carbons (Fsp3) is 0.278. The van der Waals surface area contributed by atoms with Crippen LogP contribution in [0.15, 0.2) is 59.5 Å². The second-order valence-electron chi connectivity index (χ2n) is 5.87. The van der Waals surface area contributed by atoms with Crippen molar-refractivity contribution < 1.29 is 26.4 Å². The van der Waals surface area contributed by atoms with Gasteiger partial charge in [-0.2, -0.15) is 13.2 Å². The standard InChI is InChI=1S/C18H19F3N2O3S/c1-23(27(25,26)16-6-3-2-4-7-16)13-5-8-17(24)22-15-11-9-14(10-12-15)18(19,20)21/h2-4,6-7,9-12H,5,8,13H2,1H3,(H,22,24). The third kappa shape index (κ3) is 5.80. The maximum atomic E-state index is 12.5. The zero-order valence-electron chi connectivity index (χ0n) is 14.5. The average Bonchev–Trinajstić information content (AvgIpc) is 2.62. The number of anilines is 1. The molecule has 0 aromatic heterocycles. The maximum Gasteiger partial charge on any atom is 0.416 e. The van der Waals surface area contributed by atoms with Gasteiger partial charge in [0.15, 0.2) is 0 Å². The molecule has 0 radical (unpaired) electrons. The van der Waals surface area contributed by atoms with Crippen LogP contribution >= 0.6 is 0 Å². The van der Waals surface area contributed by atoms with Crippen LogP contribution in [0.1, 0.15) is 18.4 Å². The summed E-state index contributed by atoms with van der Waals surface area (Å²) in [4.78, 5) is 12.1. The minimum Gasteiger partial charge on any atom is -0.326 e. The van der Waals surface area contributed by atoms with E-state index in [0.29, 0.717) is 0 Å². The number of amides is 1. The predicted molar refractivity (Wildman–Crippen MR) is 95.6 cm³/mol. The van der Waals surface area contributed by atoms with Gasteiger partial charge in [0.1, 0.15) is 0 Å². The first-order chi connectivity index (χ1) is 12.6. The topological polar surface area (TPSA) is 66.5 Å². The molecule has 0 atom stereocenters. The van der Waals surface area contributed by atoms with E-state index >= 15 is 0 Å². The van der Waals surface area contributed by atoms with E-state index in [1.54, 1.807) is 18.2 Å². The first kappa shape index (κ1) is 20.9. The highest BCUT2D eigenvalue weighted by Crippen LogP contribution is 2.29. The molecule has 0 bridgehead atoms. The van der Waals surface area contributed by atoms with Crippen molar-refractivity contribution in [3.63, 3.8) is 0 Å². The van der Waals surface area contributed by atoms with E-state index in [2.05, 4.69) is 5.32 Å². The molecule has 5 nitrogen and oxygen atoms in total. The Morgan fingerprint density at radius 1 is 1.04 bits per heavy atom. The number of carbonyl (C=O) groups excluding carboxylic acids is 1. The van der Waals surface area contributed by atoms with Crippen LogP contribution in [0, 0.1) is 0 Å². The molecule has 0 spiro atoms. The summed E-state index contributed by atoms with van der Waals surface area (Å²) in [5.41, 5.74) is -0.550. The van der Waals surface area contributed by atoms with Gasteiger partial charge in [0.05, 0.1) is 10.5 Å². The molecule has 0 fully saturated rings. The van der Waals surface area contributed by atoms with Crippen LogP contribution < -0.4 is 5.32 Å². The van der Waals surface area contributed by atoms with Gasteiger partial charge in [-0.25, -0.2) is 12.7 Å². The van der Waals surface area contributed by atoms with E-state index in [0.717, 1.165) is 16.4 Å². The van der Waals surface area contributed by atoms with E-state index in [4.69, 9.17) is 0 Å². The molecule has 9 heteroatoms. The van der Waals surface area contributed by atoms with Crippen LogP contribution in [0.3, 0.4) is 0 Å². The lowest BCUT2D eigenvalue weighted by Gasteiger charge is -2.17. The second kappa shape index (κ2) is 8.53. The van der Waals surface area contributed by atoms with Gasteiger partial charge < -0.3 is 5.32 Å². The van der Waals surface area contributed by atoms with Crippen molar-refractivity contribution in [2.75, 3.05) is 18.9 Å². The summed E-state index contributed by atoms with van der Waals surface area (Å²) >= 11 is 0. The maximum absolute atomic E-state index is 12.5. The summed E-state index contributed by atoms with van der Waals surface area (Å²) in [5, 5.41) is 2.49.